The Labute approximate surface area is 126 Å². The van der Waals surface area contributed by atoms with Gasteiger partial charge in [-0.15, -0.1) is 0 Å². The fourth-order valence-electron chi connectivity index (χ4n) is 1.70. The fourth-order valence-corrected chi connectivity index (χ4v) is 1.70. The lowest BCUT2D eigenvalue weighted by molar-refractivity contribution is 0.381. The SMILES string of the molecule is CCN(CC)c1ccc(N)c(N(C)C)c1.O.O=S(=O)(O)O. The Balaban J connectivity index is 0. The van der Waals surface area contributed by atoms with Crippen LogP contribution in [-0.2, 0) is 10.4 Å². The predicted molar refractivity (Wildman–Crippen MR) is 86.5 cm³/mol. The molecule has 0 amide bonds. The zero-order valence-electron chi connectivity index (χ0n) is 12.7. The molecule has 124 valence electrons. The minimum atomic E-state index is -4.67. The van der Waals surface area contributed by atoms with E-state index in [0.717, 1.165) is 24.5 Å². The van der Waals surface area contributed by atoms with Crippen molar-refractivity contribution in [3.05, 3.63) is 18.2 Å². The van der Waals surface area contributed by atoms with Gasteiger partial charge in [0.05, 0.1) is 11.4 Å². The van der Waals surface area contributed by atoms with E-state index in [0.29, 0.717) is 0 Å². The molecule has 0 spiro atoms. The van der Waals surface area contributed by atoms with E-state index in [-0.39, 0.29) is 5.48 Å². The Kier molecular flexibility index (Phi) is 9.73. The van der Waals surface area contributed by atoms with Crippen LogP contribution < -0.4 is 15.5 Å². The predicted octanol–water partition coefficient (Wildman–Crippen LogP) is 0.704. The molecule has 0 aliphatic rings. The molecule has 0 saturated heterocycles. The second kappa shape index (κ2) is 9.40. The molecule has 9 heteroatoms. The van der Waals surface area contributed by atoms with Crippen molar-refractivity contribution >= 4 is 27.5 Å². The van der Waals surface area contributed by atoms with E-state index in [1.807, 2.05) is 25.1 Å². The summed E-state index contributed by atoms with van der Waals surface area (Å²) < 4.78 is 31.6. The van der Waals surface area contributed by atoms with Gasteiger partial charge in [-0.05, 0) is 32.0 Å². The highest BCUT2D eigenvalue weighted by atomic mass is 32.3. The summed E-state index contributed by atoms with van der Waals surface area (Å²) in [7, 11) is -0.643. The first-order valence-electron chi connectivity index (χ1n) is 6.11. The van der Waals surface area contributed by atoms with Crippen molar-refractivity contribution in [1.29, 1.82) is 0 Å². The maximum absolute atomic E-state index is 8.74. The third-order valence-electron chi connectivity index (χ3n) is 2.62. The van der Waals surface area contributed by atoms with Crippen molar-refractivity contribution < 1.29 is 23.0 Å². The summed E-state index contributed by atoms with van der Waals surface area (Å²) in [5, 5.41) is 0. The van der Waals surface area contributed by atoms with E-state index >= 15 is 0 Å². The van der Waals surface area contributed by atoms with Crippen molar-refractivity contribution in [2.45, 2.75) is 13.8 Å². The quantitative estimate of drug-likeness (QED) is 0.547. The smallest absolute Gasteiger partial charge is 0.394 e. The van der Waals surface area contributed by atoms with Gasteiger partial charge in [-0.2, -0.15) is 8.42 Å². The molecule has 0 aromatic heterocycles. The molecule has 0 bridgehead atoms. The highest BCUT2D eigenvalue weighted by molar-refractivity contribution is 7.79. The van der Waals surface area contributed by atoms with Crippen molar-refractivity contribution in [3.63, 3.8) is 0 Å². The zero-order valence-corrected chi connectivity index (χ0v) is 13.6. The Morgan fingerprint density at radius 1 is 1.14 bits per heavy atom. The molecule has 0 aliphatic heterocycles. The first-order valence-corrected chi connectivity index (χ1v) is 7.51. The van der Waals surface area contributed by atoms with Gasteiger partial charge in [0, 0.05) is 32.9 Å². The maximum Gasteiger partial charge on any atom is 0.394 e. The van der Waals surface area contributed by atoms with Gasteiger partial charge < -0.3 is 21.0 Å². The molecular weight excluding hydrogens is 298 g/mol. The molecule has 0 saturated carbocycles. The molecule has 0 unspecified atom stereocenters. The number of hydrogen-bond donors (Lipinski definition) is 3. The highest BCUT2D eigenvalue weighted by Crippen LogP contribution is 2.27. The fraction of sp³-hybridized carbons (Fsp3) is 0.500. The molecule has 6 N–H and O–H groups in total. The normalized spacial score (nSPS) is 10.0. The molecule has 0 fully saturated rings. The van der Waals surface area contributed by atoms with Crippen LogP contribution in [0.4, 0.5) is 17.1 Å². The van der Waals surface area contributed by atoms with E-state index in [1.165, 1.54) is 5.69 Å². The number of nitrogens with zero attached hydrogens (tertiary/aromatic N) is 2. The average molecular weight is 323 g/mol. The Bertz CT molecular complexity index is 508. The Hall–Kier alpha value is -1.55. The van der Waals surface area contributed by atoms with Crippen LogP contribution in [0, 0.1) is 0 Å². The molecule has 1 rings (SSSR count). The summed E-state index contributed by atoms with van der Waals surface area (Å²) in [6.45, 7) is 6.37. The van der Waals surface area contributed by atoms with Gasteiger partial charge in [0.2, 0.25) is 0 Å². The van der Waals surface area contributed by atoms with E-state index < -0.39 is 10.4 Å². The van der Waals surface area contributed by atoms with Crippen LogP contribution in [0.2, 0.25) is 0 Å². The van der Waals surface area contributed by atoms with Crippen molar-refractivity contribution in [1.82, 2.24) is 0 Å². The van der Waals surface area contributed by atoms with Crippen LogP contribution >= 0.6 is 0 Å². The number of nitrogens with two attached hydrogens (primary N) is 1. The van der Waals surface area contributed by atoms with Crippen LogP contribution in [0.5, 0.6) is 0 Å². The van der Waals surface area contributed by atoms with Gasteiger partial charge in [-0.25, -0.2) is 0 Å². The third-order valence-corrected chi connectivity index (χ3v) is 2.62. The van der Waals surface area contributed by atoms with E-state index in [1.54, 1.807) is 0 Å². The number of nitrogen functional groups attached to an aromatic ring is 1. The molecule has 0 atom stereocenters. The minimum absolute atomic E-state index is 0. The van der Waals surface area contributed by atoms with E-state index in [9.17, 15) is 0 Å². The molecule has 0 radical (unpaired) electrons. The minimum Gasteiger partial charge on any atom is -0.412 e. The summed E-state index contributed by atoms with van der Waals surface area (Å²) in [5.41, 5.74) is 9.06. The lowest BCUT2D eigenvalue weighted by Gasteiger charge is -2.24. The van der Waals surface area contributed by atoms with Crippen LogP contribution in [0.25, 0.3) is 0 Å². The van der Waals surface area contributed by atoms with Gasteiger partial charge >= 0.3 is 10.4 Å². The summed E-state index contributed by atoms with van der Waals surface area (Å²) in [5.74, 6) is 0. The van der Waals surface area contributed by atoms with Gasteiger partial charge in [0.1, 0.15) is 0 Å². The summed E-state index contributed by atoms with van der Waals surface area (Å²) >= 11 is 0. The molecule has 0 aliphatic carbocycles. The lowest BCUT2D eigenvalue weighted by atomic mass is 10.2. The third kappa shape index (κ3) is 9.08. The second-order valence-electron chi connectivity index (χ2n) is 4.26. The highest BCUT2D eigenvalue weighted by Gasteiger charge is 2.06. The molecule has 1 aromatic rings. The van der Waals surface area contributed by atoms with Crippen LogP contribution in [0.3, 0.4) is 0 Å². The molecule has 1 aromatic carbocycles. The first kappa shape index (κ1) is 21.7. The lowest BCUT2D eigenvalue weighted by Crippen LogP contribution is -2.22. The Morgan fingerprint density at radius 3 is 1.90 bits per heavy atom. The monoisotopic (exact) mass is 323 g/mol. The molecule has 0 heterocycles. The largest absolute Gasteiger partial charge is 0.412 e. The van der Waals surface area contributed by atoms with E-state index in [4.69, 9.17) is 23.3 Å². The number of benzene rings is 1. The van der Waals surface area contributed by atoms with Gasteiger partial charge in [-0.1, -0.05) is 0 Å². The summed E-state index contributed by atoms with van der Waals surface area (Å²) in [4.78, 5) is 4.36. The Morgan fingerprint density at radius 2 is 1.57 bits per heavy atom. The number of rotatable bonds is 4. The molecule has 8 nitrogen and oxygen atoms in total. The standard InChI is InChI=1S/C12H21N3.H2O4S.H2O/c1-5-15(6-2)10-7-8-11(13)12(9-10)14(3)4;1-5(2,3)4;/h7-9H,5-6,13H2,1-4H3;(H2,1,2,3,4);1H2. The average Bonchev–Trinajstić information content (AvgIpc) is 2.30. The van der Waals surface area contributed by atoms with Gasteiger partial charge in [0.15, 0.2) is 0 Å². The van der Waals surface area contributed by atoms with Crippen molar-refractivity contribution in [2.24, 2.45) is 0 Å². The van der Waals surface area contributed by atoms with E-state index in [2.05, 4.69) is 30.9 Å². The van der Waals surface area contributed by atoms with Crippen LogP contribution in [0.1, 0.15) is 13.8 Å². The van der Waals surface area contributed by atoms with Crippen molar-refractivity contribution in [3.8, 4) is 0 Å². The number of hydrogen-bond acceptors (Lipinski definition) is 5. The first-order chi connectivity index (χ1) is 9.10. The molecular formula is C12H25N3O5S. The van der Waals surface area contributed by atoms with Crippen molar-refractivity contribution in [2.75, 3.05) is 42.7 Å². The maximum atomic E-state index is 8.74. The zero-order chi connectivity index (χ0) is 15.9. The second-order valence-corrected chi connectivity index (χ2v) is 5.15. The molecule has 21 heavy (non-hydrogen) atoms. The number of anilines is 3. The summed E-state index contributed by atoms with van der Waals surface area (Å²) in [6.07, 6.45) is 0. The van der Waals surface area contributed by atoms with Gasteiger partial charge in [-0.3, -0.25) is 9.11 Å². The summed E-state index contributed by atoms with van der Waals surface area (Å²) in [6, 6.07) is 6.20. The topological polar surface area (TPSA) is 139 Å². The van der Waals surface area contributed by atoms with Gasteiger partial charge in [0.25, 0.3) is 0 Å². The van der Waals surface area contributed by atoms with Crippen LogP contribution in [0.15, 0.2) is 18.2 Å². The van der Waals surface area contributed by atoms with Crippen LogP contribution in [-0.4, -0.2) is 50.2 Å².